The first-order valence-electron chi connectivity index (χ1n) is 6.57. The second-order valence-electron chi connectivity index (χ2n) is 5.53. The van der Waals surface area contributed by atoms with E-state index < -0.39 is 0 Å². The van der Waals surface area contributed by atoms with Crippen molar-refractivity contribution in [1.29, 1.82) is 0 Å². The Kier molecular flexibility index (Phi) is 9.12. The normalized spacial score (nSPS) is 12.0. The number of rotatable bonds is 10. The Morgan fingerprint density at radius 2 is 1.40 bits per heavy atom. The van der Waals surface area contributed by atoms with E-state index in [4.69, 9.17) is 0 Å². The molecule has 0 amide bonds. The van der Waals surface area contributed by atoms with Crippen LogP contribution in [0.5, 0.6) is 0 Å². The molecule has 0 fully saturated rings. The van der Waals surface area contributed by atoms with Crippen LogP contribution < -0.4 is 5.32 Å². The Morgan fingerprint density at radius 3 is 2.00 bits per heavy atom. The zero-order valence-corrected chi connectivity index (χ0v) is 11.3. The number of nitrogens with one attached hydrogen (secondary N) is 1. The summed E-state index contributed by atoms with van der Waals surface area (Å²) in [5.41, 5.74) is 0. The third kappa shape index (κ3) is 13.9. The minimum atomic E-state index is 1.06. The summed E-state index contributed by atoms with van der Waals surface area (Å²) in [6.07, 6.45) is 8.36. The van der Waals surface area contributed by atoms with E-state index in [-0.39, 0.29) is 0 Å². The molecule has 0 aromatic rings. The fourth-order valence-electron chi connectivity index (χ4n) is 1.57. The van der Waals surface area contributed by atoms with Crippen molar-refractivity contribution < 1.29 is 4.48 Å². The van der Waals surface area contributed by atoms with Crippen molar-refractivity contribution in [3.8, 4) is 0 Å². The van der Waals surface area contributed by atoms with Crippen molar-refractivity contribution in [2.24, 2.45) is 0 Å². The number of hydrogen-bond acceptors (Lipinski definition) is 1. The molecule has 15 heavy (non-hydrogen) atoms. The highest BCUT2D eigenvalue weighted by Gasteiger charge is 2.04. The molecule has 0 aliphatic heterocycles. The Morgan fingerprint density at radius 1 is 0.800 bits per heavy atom. The maximum absolute atomic E-state index is 3.52. The number of quaternary nitrogens is 1. The van der Waals surface area contributed by atoms with Gasteiger partial charge in [-0.1, -0.05) is 39.0 Å². The first-order valence-corrected chi connectivity index (χ1v) is 6.57. The van der Waals surface area contributed by atoms with Crippen LogP contribution in [0.25, 0.3) is 0 Å². The summed E-state index contributed by atoms with van der Waals surface area (Å²) in [7, 11) is 6.73. The topological polar surface area (TPSA) is 12.0 Å². The maximum Gasteiger partial charge on any atom is 0.0907 e. The van der Waals surface area contributed by atoms with E-state index in [2.05, 4.69) is 33.4 Å². The van der Waals surface area contributed by atoms with Gasteiger partial charge < -0.3 is 9.80 Å². The molecule has 0 rings (SSSR count). The van der Waals surface area contributed by atoms with Crippen LogP contribution in [0.4, 0.5) is 0 Å². The lowest BCUT2D eigenvalue weighted by molar-refractivity contribution is -0.869. The molecule has 0 saturated heterocycles. The highest BCUT2D eigenvalue weighted by atomic mass is 15.3. The highest BCUT2D eigenvalue weighted by molar-refractivity contribution is 4.49. The van der Waals surface area contributed by atoms with Gasteiger partial charge in [0.2, 0.25) is 0 Å². The first kappa shape index (κ1) is 14.9. The fourth-order valence-corrected chi connectivity index (χ4v) is 1.57. The van der Waals surface area contributed by atoms with Crippen LogP contribution in [0.1, 0.15) is 45.4 Å². The molecule has 0 aromatic heterocycles. The maximum atomic E-state index is 3.52. The van der Waals surface area contributed by atoms with Gasteiger partial charge in [-0.3, -0.25) is 0 Å². The van der Waals surface area contributed by atoms with Gasteiger partial charge in [0.05, 0.1) is 27.7 Å². The standard InChI is InChI=1S/C13H31N2/c1-5-6-7-8-9-10-11-14-12-13-15(2,3)4/h14H,5-13H2,1-4H3/q+1. The fraction of sp³-hybridized carbons (Fsp3) is 1.00. The number of likely N-dealkylation sites (N-methyl/N-ethyl adjacent to an activating group) is 1. The van der Waals surface area contributed by atoms with Crippen molar-refractivity contribution >= 4 is 0 Å². The average molecular weight is 215 g/mol. The monoisotopic (exact) mass is 215 g/mol. The Labute approximate surface area is 96.6 Å². The second-order valence-corrected chi connectivity index (χ2v) is 5.53. The van der Waals surface area contributed by atoms with Crippen LogP contribution in [0.15, 0.2) is 0 Å². The van der Waals surface area contributed by atoms with E-state index in [1.807, 2.05) is 0 Å². The molecule has 0 heterocycles. The van der Waals surface area contributed by atoms with E-state index in [0.29, 0.717) is 0 Å². The number of unbranched alkanes of at least 4 members (excludes halogenated alkanes) is 5. The molecule has 92 valence electrons. The molecule has 0 bridgehead atoms. The molecule has 0 unspecified atom stereocenters. The second kappa shape index (κ2) is 9.17. The van der Waals surface area contributed by atoms with Gasteiger partial charge in [-0.25, -0.2) is 0 Å². The minimum absolute atomic E-state index is 1.06. The van der Waals surface area contributed by atoms with Crippen molar-refractivity contribution in [2.75, 3.05) is 40.8 Å². The van der Waals surface area contributed by atoms with Gasteiger partial charge in [0, 0.05) is 6.54 Å². The summed E-state index contributed by atoms with van der Waals surface area (Å²) < 4.78 is 1.06. The lowest BCUT2D eigenvalue weighted by atomic mass is 10.1. The molecule has 0 aliphatic rings. The molecule has 0 atom stereocenters. The van der Waals surface area contributed by atoms with Gasteiger partial charge in [0.25, 0.3) is 0 Å². The van der Waals surface area contributed by atoms with Gasteiger partial charge in [-0.05, 0) is 13.0 Å². The zero-order valence-electron chi connectivity index (χ0n) is 11.3. The lowest BCUT2D eigenvalue weighted by Gasteiger charge is -2.23. The van der Waals surface area contributed by atoms with E-state index >= 15 is 0 Å². The van der Waals surface area contributed by atoms with Gasteiger partial charge in [-0.2, -0.15) is 0 Å². The van der Waals surface area contributed by atoms with Crippen LogP contribution >= 0.6 is 0 Å². The third-order valence-corrected chi connectivity index (χ3v) is 2.67. The molecule has 0 radical (unpaired) electrons. The quantitative estimate of drug-likeness (QED) is 0.436. The zero-order chi connectivity index (χ0) is 11.6. The van der Waals surface area contributed by atoms with Gasteiger partial charge in [0.15, 0.2) is 0 Å². The number of hydrogen-bond donors (Lipinski definition) is 1. The van der Waals surface area contributed by atoms with E-state index in [1.54, 1.807) is 0 Å². The molecule has 2 nitrogen and oxygen atoms in total. The predicted molar refractivity (Wildman–Crippen MR) is 69.1 cm³/mol. The Hall–Kier alpha value is -0.0800. The smallest absolute Gasteiger partial charge is 0.0907 e. The summed E-state index contributed by atoms with van der Waals surface area (Å²) in [6.45, 7) is 5.84. The summed E-state index contributed by atoms with van der Waals surface area (Å²) in [4.78, 5) is 0. The summed E-state index contributed by atoms with van der Waals surface area (Å²) in [5, 5.41) is 3.52. The van der Waals surface area contributed by atoms with Crippen LogP contribution in [0.2, 0.25) is 0 Å². The van der Waals surface area contributed by atoms with Crippen LogP contribution in [0.3, 0.4) is 0 Å². The van der Waals surface area contributed by atoms with Gasteiger partial charge in [-0.15, -0.1) is 0 Å². The van der Waals surface area contributed by atoms with Crippen molar-refractivity contribution in [3.05, 3.63) is 0 Å². The summed E-state index contributed by atoms with van der Waals surface area (Å²) >= 11 is 0. The van der Waals surface area contributed by atoms with E-state index in [9.17, 15) is 0 Å². The van der Waals surface area contributed by atoms with Gasteiger partial charge in [0.1, 0.15) is 0 Å². The third-order valence-electron chi connectivity index (χ3n) is 2.67. The van der Waals surface area contributed by atoms with Crippen molar-refractivity contribution in [2.45, 2.75) is 45.4 Å². The molecule has 0 aromatic carbocycles. The largest absolute Gasteiger partial charge is 0.330 e. The first-order chi connectivity index (χ1) is 7.06. The Bertz CT molecular complexity index is 127. The van der Waals surface area contributed by atoms with Crippen LogP contribution in [0, 0.1) is 0 Å². The highest BCUT2D eigenvalue weighted by Crippen LogP contribution is 2.03. The number of nitrogens with zero attached hydrogens (tertiary/aromatic N) is 1. The molecule has 0 spiro atoms. The SMILES string of the molecule is CCCCCCCCNCC[N+](C)(C)C. The predicted octanol–water partition coefficient (Wildman–Crippen LogP) is 2.64. The average Bonchev–Trinajstić information content (AvgIpc) is 2.14. The van der Waals surface area contributed by atoms with E-state index in [0.717, 1.165) is 11.0 Å². The summed E-state index contributed by atoms with van der Waals surface area (Å²) in [6, 6.07) is 0. The molecular formula is C13H31N2+. The molecule has 0 saturated carbocycles. The molecule has 1 N–H and O–H groups in total. The lowest BCUT2D eigenvalue weighted by Crippen LogP contribution is -2.40. The summed E-state index contributed by atoms with van der Waals surface area (Å²) in [5.74, 6) is 0. The van der Waals surface area contributed by atoms with Crippen molar-refractivity contribution in [1.82, 2.24) is 5.32 Å². The van der Waals surface area contributed by atoms with E-state index in [1.165, 1.54) is 51.6 Å². The Balaban J connectivity index is 2.99. The molecular weight excluding hydrogens is 184 g/mol. The molecule has 2 heteroatoms. The van der Waals surface area contributed by atoms with Crippen LogP contribution in [-0.4, -0.2) is 45.3 Å². The molecule has 0 aliphatic carbocycles. The minimum Gasteiger partial charge on any atom is -0.330 e. The van der Waals surface area contributed by atoms with Crippen molar-refractivity contribution in [3.63, 3.8) is 0 Å². The van der Waals surface area contributed by atoms with Gasteiger partial charge >= 0.3 is 0 Å². The van der Waals surface area contributed by atoms with Crippen LogP contribution in [-0.2, 0) is 0 Å².